The molecule has 0 unspecified atom stereocenters. The molecule has 0 atom stereocenters. The van der Waals surface area contributed by atoms with Gasteiger partial charge < -0.3 is 0 Å². The minimum Gasteiger partial charge on any atom is -0.289 e. The maximum absolute atomic E-state index is 11.4. The third-order valence-electron chi connectivity index (χ3n) is 1.48. The van der Waals surface area contributed by atoms with E-state index >= 15 is 0 Å². The van der Waals surface area contributed by atoms with Gasteiger partial charge >= 0.3 is 0 Å². The van der Waals surface area contributed by atoms with Gasteiger partial charge in [0.05, 0.1) is 0 Å². The van der Waals surface area contributed by atoms with E-state index in [4.69, 9.17) is 34.8 Å². The summed E-state index contributed by atoms with van der Waals surface area (Å²) in [6.07, 6.45) is 2.48. The third kappa shape index (κ3) is 4.14. The zero-order valence-electron chi connectivity index (χ0n) is 7.08. The van der Waals surface area contributed by atoms with Gasteiger partial charge in [0.2, 0.25) is 3.79 Å². The van der Waals surface area contributed by atoms with Crippen LogP contribution in [0.5, 0.6) is 0 Å². The molecule has 0 aliphatic carbocycles. The molecule has 0 saturated heterocycles. The van der Waals surface area contributed by atoms with Gasteiger partial charge in [-0.05, 0) is 12.2 Å². The maximum atomic E-state index is 11.4. The molecule has 4 heteroatoms. The van der Waals surface area contributed by atoms with Crippen LogP contribution in [0.15, 0.2) is 42.5 Å². The van der Waals surface area contributed by atoms with E-state index in [0.29, 0.717) is 5.56 Å². The van der Waals surface area contributed by atoms with Crippen LogP contribution in [-0.2, 0) is 0 Å². The number of carbonyl (C=O) groups is 1. The van der Waals surface area contributed by atoms with Gasteiger partial charge in [-0.3, -0.25) is 4.79 Å². The van der Waals surface area contributed by atoms with Crippen molar-refractivity contribution >= 4 is 40.6 Å². The first kappa shape index (κ1) is 11.6. The number of alkyl halides is 3. The Morgan fingerprint density at radius 2 is 1.71 bits per heavy atom. The Balaban J connectivity index is 2.74. The van der Waals surface area contributed by atoms with Crippen LogP contribution in [0.1, 0.15) is 10.4 Å². The Hall–Kier alpha value is -0.500. The molecule has 0 N–H and O–H groups in total. The van der Waals surface area contributed by atoms with Crippen molar-refractivity contribution in [3.05, 3.63) is 48.0 Å². The minimum absolute atomic E-state index is 0.183. The molecule has 1 rings (SSSR count). The number of ketones is 1. The highest BCUT2D eigenvalue weighted by atomic mass is 35.6. The van der Waals surface area contributed by atoms with Gasteiger partial charge in [-0.2, -0.15) is 0 Å². The van der Waals surface area contributed by atoms with Crippen molar-refractivity contribution in [3.63, 3.8) is 0 Å². The second-order valence-electron chi connectivity index (χ2n) is 2.61. The first-order valence-corrected chi connectivity index (χ1v) is 4.98. The van der Waals surface area contributed by atoms with Gasteiger partial charge in [-0.25, -0.2) is 0 Å². The number of hydrogen-bond donors (Lipinski definition) is 0. The van der Waals surface area contributed by atoms with Crippen molar-refractivity contribution in [2.45, 2.75) is 3.79 Å². The minimum atomic E-state index is -1.52. The lowest BCUT2D eigenvalue weighted by molar-refractivity contribution is 0.104. The second kappa shape index (κ2) is 4.83. The Kier molecular flexibility index (Phi) is 3.99. The predicted molar refractivity (Wildman–Crippen MR) is 60.2 cm³/mol. The molecule has 0 aliphatic heterocycles. The molecule has 0 aromatic heterocycles. The molecule has 0 saturated carbocycles. The van der Waals surface area contributed by atoms with Crippen LogP contribution < -0.4 is 0 Å². The fourth-order valence-electron chi connectivity index (χ4n) is 0.869. The standard InChI is InChI=1S/C10H7Cl3O/c11-10(12,13)7-6-9(14)8-4-2-1-3-5-8/h1-7H. The summed E-state index contributed by atoms with van der Waals surface area (Å²) in [5.74, 6) is -0.183. The van der Waals surface area contributed by atoms with Gasteiger partial charge in [0, 0.05) is 5.56 Å². The molecule has 0 radical (unpaired) electrons. The van der Waals surface area contributed by atoms with E-state index in [9.17, 15) is 4.79 Å². The lowest BCUT2D eigenvalue weighted by Crippen LogP contribution is -1.99. The molecule has 1 aromatic carbocycles. The largest absolute Gasteiger partial charge is 0.289 e. The first-order chi connectivity index (χ1) is 6.49. The van der Waals surface area contributed by atoms with E-state index in [1.54, 1.807) is 24.3 Å². The predicted octanol–water partition coefficient (Wildman–Crippen LogP) is 3.80. The first-order valence-electron chi connectivity index (χ1n) is 3.84. The number of carbonyl (C=O) groups excluding carboxylic acids is 1. The Morgan fingerprint density at radius 1 is 1.14 bits per heavy atom. The Labute approximate surface area is 97.3 Å². The van der Waals surface area contributed by atoms with Gasteiger partial charge in [0.25, 0.3) is 0 Å². The average Bonchev–Trinajstić information content (AvgIpc) is 2.14. The van der Waals surface area contributed by atoms with Crippen molar-refractivity contribution in [1.29, 1.82) is 0 Å². The van der Waals surface area contributed by atoms with E-state index in [1.165, 1.54) is 12.2 Å². The molecule has 0 amide bonds. The molecule has 0 heterocycles. The lowest BCUT2D eigenvalue weighted by atomic mass is 10.1. The van der Waals surface area contributed by atoms with E-state index in [-0.39, 0.29) is 5.78 Å². The van der Waals surface area contributed by atoms with Crippen LogP contribution in [0.4, 0.5) is 0 Å². The Morgan fingerprint density at radius 3 is 2.21 bits per heavy atom. The summed E-state index contributed by atoms with van der Waals surface area (Å²) in [5.41, 5.74) is 0.568. The van der Waals surface area contributed by atoms with E-state index in [0.717, 1.165) is 0 Å². The molecular weight excluding hydrogens is 242 g/mol. The molecule has 1 aromatic rings. The number of halogens is 3. The van der Waals surface area contributed by atoms with Crippen LogP contribution in [0.2, 0.25) is 0 Å². The van der Waals surface area contributed by atoms with Crippen LogP contribution in [0.3, 0.4) is 0 Å². The summed E-state index contributed by atoms with van der Waals surface area (Å²) in [6, 6.07) is 8.78. The quantitative estimate of drug-likeness (QED) is 0.443. The van der Waals surface area contributed by atoms with Crippen molar-refractivity contribution in [2.24, 2.45) is 0 Å². The van der Waals surface area contributed by atoms with E-state index in [2.05, 4.69) is 0 Å². The van der Waals surface area contributed by atoms with Gasteiger partial charge in [-0.15, -0.1) is 0 Å². The number of rotatable bonds is 2. The third-order valence-corrected chi connectivity index (χ3v) is 1.86. The maximum Gasteiger partial charge on any atom is 0.209 e. The molecule has 0 aliphatic rings. The van der Waals surface area contributed by atoms with Gasteiger partial charge in [-0.1, -0.05) is 65.1 Å². The van der Waals surface area contributed by atoms with E-state index in [1.807, 2.05) is 6.07 Å². The average molecular weight is 250 g/mol. The summed E-state index contributed by atoms with van der Waals surface area (Å²) in [7, 11) is 0. The van der Waals surface area contributed by atoms with Crippen LogP contribution in [-0.4, -0.2) is 9.58 Å². The normalized spacial score (nSPS) is 11.9. The smallest absolute Gasteiger partial charge is 0.209 e. The number of benzene rings is 1. The van der Waals surface area contributed by atoms with Crippen molar-refractivity contribution in [3.8, 4) is 0 Å². The Bertz CT molecular complexity index is 338. The summed E-state index contributed by atoms with van der Waals surface area (Å²) >= 11 is 16.4. The zero-order valence-corrected chi connectivity index (χ0v) is 9.35. The molecule has 0 bridgehead atoms. The molecule has 1 nitrogen and oxygen atoms in total. The topological polar surface area (TPSA) is 17.1 Å². The highest BCUT2D eigenvalue weighted by molar-refractivity contribution is 6.69. The van der Waals surface area contributed by atoms with Gasteiger partial charge in [0.1, 0.15) is 0 Å². The molecular formula is C10H7Cl3O. The fraction of sp³-hybridized carbons (Fsp3) is 0.100. The highest BCUT2D eigenvalue weighted by Gasteiger charge is 2.14. The van der Waals surface area contributed by atoms with Crippen LogP contribution in [0, 0.1) is 0 Å². The summed E-state index contributed by atoms with van der Waals surface area (Å²) < 4.78 is -1.52. The SMILES string of the molecule is O=C(C=CC(Cl)(Cl)Cl)c1ccccc1. The van der Waals surface area contributed by atoms with Gasteiger partial charge in [0.15, 0.2) is 5.78 Å². The number of hydrogen-bond acceptors (Lipinski definition) is 1. The van der Waals surface area contributed by atoms with Crippen molar-refractivity contribution < 1.29 is 4.79 Å². The monoisotopic (exact) mass is 248 g/mol. The van der Waals surface area contributed by atoms with Crippen molar-refractivity contribution in [2.75, 3.05) is 0 Å². The summed E-state index contributed by atoms with van der Waals surface area (Å²) in [4.78, 5) is 11.4. The molecule has 74 valence electrons. The molecule has 0 fully saturated rings. The van der Waals surface area contributed by atoms with Crippen molar-refractivity contribution in [1.82, 2.24) is 0 Å². The number of allylic oxidation sites excluding steroid dienone is 2. The van der Waals surface area contributed by atoms with E-state index < -0.39 is 3.79 Å². The lowest BCUT2D eigenvalue weighted by Gasteiger charge is -2.01. The van der Waals surface area contributed by atoms with Crippen LogP contribution in [0.25, 0.3) is 0 Å². The summed E-state index contributed by atoms with van der Waals surface area (Å²) in [5, 5.41) is 0. The zero-order chi connectivity index (χ0) is 10.6. The molecule has 14 heavy (non-hydrogen) atoms. The van der Waals surface area contributed by atoms with Crippen LogP contribution >= 0.6 is 34.8 Å². The molecule has 0 spiro atoms. The second-order valence-corrected chi connectivity index (χ2v) is 4.97. The summed E-state index contributed by atoms with van der Waals surface area (Å²) in [6.45, 7) is 0. The fourth-order valence-corrected chi connectivity index (χ4v) is 1.06. The highest BCUT2D eigenvalue weighted by Crippen LogP contribution is 2.27.